The van der Waals surface area contributed by atoms with Crippen LogP contribution in [0.3, 0.4) is 0 Å². The first-order valence-corrected chi connectivity index (χ1v) is 5.62. The molecule has 0 N–H and O–H groups in total. The monoisotopic (exact) mass is 252 g/mol. The van der Waals surface area contributed by atoms with Gasteiger partial charge in [-0.3, -0.25) is 4.99 Å². The van der Waals surface area contributed by atoms with E-state index in [2.05, 4.69) is 30.6 Å². The number of likely N-dealkylation sites (N-methyl/N-ethyl adjacent to an activating group) is 1. The lowest BCUT2D eigenvalue weighted by Crippen LogP contribution is -2.25. The van der Waals surface area contributed by atoms with Crippen molar-refractivity contribution in [1.29, 1.82) is 0 Å². The molecule has 1 aliphatic heterocycles. The van der Waals surface area contributed by atoms with Gasteiger partial charge in [-0.05, 0) is 18.1 Å². The molecular weight excluding hydrogens is 236 g/mol. The van der Waals surface area contributed by atoms with Crippen LogP contribution in [0.5, 0.6) is 0 Å². The molecule has 0 radical (unpaired) electrons. The van der Waals surface area contributed by atoms with Gasteiger partial charge in [0.15, 0.2) is 5.76 Å². The van der Waals surface area contributed by atoms with Crippen LogP contribution >= 0.6 is 0 Å². The first-order valence-electron chi connectivity index (χ1n) is 5.62. The summed E-state index contributed by atoms with van der Waals surface area (Å²) < 4.78 is 5.63. The lowest BCUT2D eigenvalue weighted by molar-refractivity contribution is 0.288. The molecular formula is C16H16N2O. The summed E-state index contributed by atoms with van der Waals surface area (Å²) >= 11 is 0. The van der Waals surface area contributed by atoms with Crippen LogP contribution in [0, 0.1) is 12.3 Å². The minimum atomic E-state index is 0.388. The highest BCUT2D eigenvalue weighted by atomic mass is 16.5. The smallest absolute Gasteiger partial charge is 0.202 e. The molecule has 0 atom stereocenters. The average molecular weight is 252 g/mol. The summed E-state index contributed by atoms with van der Waals surface area (Å²) in [6, 6.07) is 0. The van der Waals surface area contributed by atoms with Crippen molar-refractivity contribution in [2.45, 2.75) is 0 Å². The van der Waals surface area contributed by atoms with Crippen molar-refractivity contribution in [2.24, 2.45) is 4.99 Å². The van der Waals surface area contributed by atoms with Gasteiger partial charge in [0.2, 0.25) is 5.76 Å². The van der Waals surface area contributed by atoms with Crippen LogP contribution in [-0.4, -0.2) is 18.2 Å². The van der Waals surface area contributed by atoms with E-state index in [-0.39, 0.29) is 0 Å². The van der Waals surface area contributed by atoms with E-state index in [4.69, 9.17) is 11.2 Å². The Morgan fingerprint density at radius 3 is 2.58 bits per heavy atom. The minimum Gasteiger partial charge on any atom is -0.444 e. The van der Waals surface area contributed by atoms with Gasteiger partial charge in [0.1, 0.15) is 5.70 Å². The Morgan fingerprint density at radius 1 is 1.32 bits per heavy atom. The molecule has 96 valence electrons. The highest BCUT2D eigenvalue weighted by Crippen LogP contribution is 2.27. The van der Waals surface area contributed by atoms with Crippen LogP contribution in [-0.2, 0) is 4.74 Å². The van der Waals surface area contributed by atoms with Gasteiger partial charge in [-0.2, -0.15) is 0 Å². The van der Waals surface area contributed by atoms with Crippen LogP contribution in [0.4, 0.5) is 0 Å². The Morgan fingerprint density at radius 2 is 2.05 bits per heavy atom. The third-order valence-electron chi connectivity index (χ3n) is 2.43. The van der Waals surface area contributed by atoms with E-state index in [1.807, 2.05) is 24.1 Å². The zero-order chi connectivity index (χ0) is 14.3. The molecule has 1 heterocycles. The summed E-state index contributed by atoms with van der Waals surface area (Å²) in [6.45, 7) is 10.9. The maximum absolute atomic E-state index is 5.63. The largest absolute Gasteiger partial charge is 0.444 e. The third-order valence-corrected chi connectivity index (χ3v) is 2.43. The number of ether oxygens (including phenoxy) is 1. The van der Waals surface area contributed by atoms with Gasteiger partial charge in [-0.25, -0.2) is 0 Å². The zero-order valence-electron chi connectivity index (χ0n) is 11.0. The molecule has 0 bridgehead atoms. The van der Waals surface area contributed by atoms with Gasteiger partial charge in [0.25, 0.3) is 0 Å². The van der Waals surface area contributed by atoms with Crippen molar-refractivity contribution in [2.75, 3.05) is 7.05 Å². The second kappa shape index (κ2) is 6.87. The van der Waals surface area contributed by atoms with Crippen molar-refractivity contribution in [1.82, 2.24) is 4.90 Å². The van der Waals surface area contributed by atoms with Crippen LogP contribution < -0.4 is 0 Å². The molecule has 0 amide bonds. The molecule has 0 aliphatic carbocycles. The SMILES string of the molecule is C#CC1=C(/C=N\C=C)N(C)C(/C=C\C=C)=C(C=C)O1. The van der Waals surface area contributed by atoms with Gasteiger partial charge in [-0.15, -0.1) is 6.42 Å². The molecule has 0 aromatic rings. The van der Waals surface area contributed by atoms with Crippen LogP contribution in [0.25, 0.3) is 0 Å². The molecule has 3 nitrogen and oxygen atoms in total. The topological polar surface area (TPSA) is 24.8 Å². The number of aliphatic imine (C=N–C) groups is 1. The van der Waals surface area contributed by atoms with Crippen molar-refractivity contribution in [3.8, 4) is 12.3 Å². The predicted molar refractivity (Wildman–Crippen MR) is 80.0 cm³/mol. The fourth-order valence-corrected chi connectivity index (χ4v) is 1.53. The minimum absolute atomic E-state index is 0.388. The van der Waals surface area contributed by atoms with E-state index in [9.17, 15) is 0 Å². The van der Waals surface area contributed by atoms with Crippen molar-refractivity contribution in [3.63, 3.8) is 0 Å². The van der Waals surface area contributed by atoms with Gasteiger partial charge < -0.3 is 9.64 Å². The van der Waals surface area contributed by atoms with Crippen LogP contribution in [0.2, 0.25) is 0 Å². The zero-order valence-corrected chi connectivity index (χ0v) is 11.0. The Bertz CT molecular complexity index is 554. The Hall–Kier alpha value is -2.73. The number of allylic oxidation sites excluding steroid dienone is 6. The molecule has 1 rings (SSSR count). The second-order valence-electron chi connectivity index (χ2n) is 3.53. The van der Waals surface area contributed by atoms with E-state index in [1.165, 1.54) is 6.20 Å². The molecule has 0 spiro atoms. The fourth-order valence-electron chi connectivity index (χ4n) is 1.53. The maximum Gasteiger partial charge on any atom is 0.202 e. The van der Waals surface area contributed by atoms with Crippen molar-refractivity contribution in [3.05, 3.63) is 73.2 Å². The standard InChI is InChI=1S/C16H16N2O/c1-6-10-11-13-15(7-2)19-16(8-3)14(18(13)5)12-17-9-4/h3,6-7,9-12H,1-2,4H2,5H3/b11-10-,17-12-. The summed E-state index contributed by atoms with van der Waals surface area (Å²) in [5.74, 6) is 3.47. The highest BCUT2D eigenvalue weighted by Gasteiger charge is 2.22. The summed E-state index contributed by atoms with van der Waals surface area (Å²) in [5, 5.41) is 0. The van der Waals surface area contributed by atoms with E-state index in [1.54, 1.807) is 18.4 Å². The number of hydrogen-bond acceptors (Lipinski definition) is 3. The van der Waals surface area contributed by atoms with Crippen molar-refractivity contribution < 1.29 is 4.74 Å². The second-order valence-corrected chi connectivity index (χ2v) is 3.53. The van der Waals surface area contributed by atoms with Gasteiger partial charge in [0.05, 0.1) is 11.9 Å². The molecule has 0 fully saturated rings. The van der Waals surface area contributed by atoms with Gasteiger partial charge in [-0.1, -0.05) is 31.9 Å². The molecule has 3 heteroatoms. The third kappa shape index (κ3) is 3.14. The van der Waals surface area contributed by atoms with E-state index < -0.39 is 0 Å². The molecule has 1 aliphatic rings. The number of terminal acetylenes is 1. The van der Waals surface area contributed by atoms with E-state index in [0.29, 0.717) is 17.2 Å². The first kappa shape index (κ1) is 14.3. The summed E-state index contributed by atoms with van der Waals surface area (Å²) in [4.78, 5) is 5.86. The predicted octanol–water partition coefficient (Wildman–Crippen LogP) is 3.15. The fraction of sp³-hybridized carbons (Fsp3) is 0.0625. The molecule has 0 aromatic carbocycles. The number of hydrogen-bond donors (Lipinski definition) is 0. The Kier molecular flexibility index (Phi) is 5.18. The molecule has 0 unspecified atom stereocenters. The number of rotatable bonds is 5. The molecule has 0 saturated carbocycles. The Labute approximate surface area is 114 Å². The summed E-state index contributed by atoms with van der Waals surface area (Å²) in [5.41, 5.74) is 1.50. The van der Waals surface area contributed by atoms with E-state index >= 15 is 0 Å². The highest BCUT2D eigenvalue weighted by molar-refractivity contribution is 5.81. The van der Waals surface area contributed by atoms with Crippen molar-refractivity contribution >= 4 is 6.21 Å². The van der Waals surface area contributed by atoms with E-state index in [0.717, 1.165) is 5.70 Å². The summed E-state index contributed by atoms with van der Waals surface area (Å²) in [7, 11) is 1.87. The molecule has 19 heavy (non-hydrogen) atoms. The van der Waals surface area contributed by atoms with Crippen LogP contribution in [0.1, 0.15) is 0 Å². The molecule has 0 aromatic heterocycles. The normalized spacial score (nSPS) is 15.7. The first-order chi connectivity index (χ1) is 9.19. The molecule has 0 saturated heterocycles. The quantitative estimate of drug-likeness (QED) is 0.426. The Balaban J connectivity index is 3.30. The maximum atomic E-state index is 5.63. The van der Waals surface area contributed by atoms with Crippen LogP contribution in [0.15, 0.2) is 78.1 Å². The van der Waals surface area contributed by atoms with Gasteiger partial charge in [0, 0.05) is 13.2 Å². The lowest BCUT2D eigenvalue weighted by atomic mass is 10.2. The van der Waals surface area contributed by atoms with Gasteiger partial charge >= 0.3 is 0 Å². The number of nitrogens with zero attached hydrogens (tertiary/aromatic N) is 2. The average Bonchev–Trinajstić information content (AvgIpc) is 2.44. The lowest BCUT2D eigenvalue weighted by Gasteiger charge is -2.28. The summed E-state index contributed by atoms with van der Waals surface area (Å²) in [6.07, 6.45) is 15.4.